The Morgan fingerprint density at radius 3 is 2.70 bits per heavy atom. The largest absolute Gasteiger partial charge is 0.379 e. The molecule has 2 saturated heterocycles. The van der Waals surface area contributed by atoms with Gasteiger partial charge in [-0.3, -0.25) is 9.69 Å². The summed E-state index contributed by atoms with van der Waals surface area (Å²) < 4.78 is 5.41. The number of anilines is 1. The molecule has 8 heteroatoms. The van der Waals surface area contributed by atoms with Crippen LogP contribution in [-0.4, -0.2) is 60.7 Å². The van der Waals surface area contributed by atoms with Crippen LogP contribution in [-0.2, 0) is 9.53 Å². The summed E-state index contributed by atoms with van der Waals surface area (Å²) in [4.78, 5) is 20.4. The van der Waals surface area contributed by atoms with Crippen LogP contribution in [0.1, 0.15) is 12.1 Å². The fraction of sp³-hybridized carbons (Fsp3) is 0.533. The number of nitrogens with two attached hydrogens (primary N) is 1. The van der Waals surface area contributed by atoms with E-state index in [0.29, 0.717) is 50.8 Å². The first-order chi connectivity index (χ1) is 11.1. The van der Waals surface area contributed by atoms with Crippen molar-refractivity contribution in [3.63, 3.8) is 0 Å². The zero-order valence-electron chi connectivity index (χ0n) is 12.7. The number of nitriles is 1. The van der Waals surface area contributed by atoms with Gasteiger partial charge in [0.05, 0.1) is 11.6 Å². The molecule has 1 aromatic rings. The number of hydrogen-bond donors (Lipinski definition) is 1. The molecule has 0 spiro atoms. The summed E-state index contributed by atoms with van der Waals surface area (Å²) in [6.07, 6.45) is 0.639. The van der Waals surface area contributed by atoms with Gasteiger partial charge in [0, 0.05) is 39.2 Å². The van der Waals surface area contributed by atoms with Crippen LogP contribution in [0.5, 0.6) is 0 Å². The predicted molar refractivity (Wildman–Crippen MR) is 85.1 cm³/mol. The quantitative estimate of drug-likeness (QED) is 0.857. The summed E-state index contributed by atoms with van der Waals surface area (Å²) >= 11 is 5.92. The van der Waals surface area contributed by atoms with Gasteiger partial charge in [-0.05, 0) is 12.1 Å². The van der Waals surface area contributed by atoms with E-state index in [-0.39, 0.29) is 11.6 Å². The van der Waals surface area contributed by atoms with Gasteiger partial charge in [-0.1, -0.05) is 11.6 Å². The molecule has 1 unspecified atom stereocenters. The number of halogens is 1. The fourth-order valence-electron chi connectivity index (χ4n) is 3.20. The van der Waals surface area contributed by atoms with E-state index in [1.165, 1.54) is 0 Å². The number of pyridine rings is 1. The van der Waals surface area contributed by atoms with Gasteiger partial charge >= 0.3 is 0 Å². The average Bonchev–Trinajstić information content (AvgIpc) is 3.07. The van der Waals surface area contributed by atoms with Gasteiger partial charge in [-0.25, -0.2) is 4.98 Å². The van der Waals surface area contributed by atoms with E-state index >= 15 is 0 Å². The van der Waals surface area contributed by atoms with E-state index < -0.39 is 5.54 Å². The Bertz CT molecular complexity index is 646. The third kappa shape index (κ3) is 2.85. The minimum atomic E-state index is -0.683. The summed E-state index contributed by atoms with van der Waals surface area (Å²) in [5, 5.41) is 9.39. The van der Waals surface area contributed by atoms with Gasteiger partial charge < -0.3 is 15.4 Å². The topological polar surface area (TPSA) is 95.5 Å². The van der Waals surface area contributed by atoms with Gasteiger partial charge in [0.25, 0.3) is 0 Å². The van der Waals surface area contributed by atoms with Gasteiger partial charge in [0.2, 0.25) is 5.91 Å². The van der Waals surface area contributed by atoms with Crippen molar-refractivity contribution in [3.05, 3.63) is 22.8 Å². The molecule has 3 rings (SSSR count). The van der Waals surface area contributed by atoms with Gasteiger partial charge in [-0.15, -0.1) is 0 Å². The molecule has 122 valence electrons. The minimum absolute atomic E-state index is 0.226. The van der Waals surface area contributed by atoms with Crippen LogP contribution in [0.2, 0.25) is 5.02 Å². The first kappa shape index (κ1) is 16.0. The first-order valence-corrected chi connectivity index (χ1v) is 7.89. The molecule has 2 N–H and O–H groups in total. The molecule has 2 fully saturated rings. The second kappa shape index (κ2) is 6.32. The summed E-state index contributed by atoms with van der Waals surface area (Å²) in [5.74, 6) is 0.404. The summed E-state index contributed by atoms with van der Waals surface area (Å²) in [6.45, 7) is 3.72. The summed E-state index contributed by atoms with van der Waals surface area (Å²) in [5.41, 5.74) is 5.17. The Labute approximate surface area is 139 Å². The zero-order chi connectivity index (χ0) is 16.4. The van der Waals surface area contributed by atoms with Crippen LogP contribution in [0.15, 0.2) is 12.1 Å². The molecule has 1 aromatic heterocycles. The lowest BCUT2D eigenvalue weighted by molar-refractivity contribution is -0.130. The molecule has 0 radical (unpaired) electrons. The fourth-order valence-corrected chi connectivity index (χ4v) is 3.35. The van der Waals surface area contributed by atoms with Crippen molar-refractivity contribution in [2.45, 2.75) is 12.0 Å². The van der Waals surface area contributed by atoms with Crippen LogP contribution < -0.4 is 10.6 Å². The molecule has 0 saturated carbocycles. The maximum atomic E-state index is 11.9. The van der Waals surface area contributed by atoms with E-state index in [4.69, 9.17) is 27.3 Å². The molecular weight excluding hydrogens is 318 g/mol. The van der Waals surface area contributed by atoms with Crippen molar-refractivity contribution in [1.82, 2.24) is 9.88 Å². The van der Waals surface area contributed by atoms with Gasteiger partial charge in [-0.2, -0.15) is 5.26 Å². The van der Waals surface area contributed by atoms with Crippen LogP contribution in [0.25, 0.3) is 0 Å². The van der Waals surface area contributed by atoms with Gasteiger partial charge in [0.15, 0.2) is 5.69 Å². The Morgan fingerprint density at radius 1 is 1.39 bits per heavy atom. The first-order valence-electron chi connectivity index (χ1n) is 7.51. The zero-order valence-corrected chi connectivity index (χ0v) is 13.4. The number of hydrogen-bond acceptors (Lipinski definition) is 6. The third-order valence-corrected chi connectivity index (χ3v) is 4.91. The Hall–Kier alpha value is -1.88. The second-order valence-electron chi connectivity index (χ2n) is 5.78. The van der Waals surface area contributed by atoms with Crippen molar-refractivity contribution in [2.24, 2.45) is 5.73 Å². The molecule has 0 bridgehead atoms. The Balaban J connectivity index is 1.71. The van der Waals surface area contributed by atoms with Gasteiger partial charge in [0.1, 0.15) is 17.4 Å². The molecule has 2 aliphatic heterocycles. The number of nitrogens with zero attached hydrogens (tertiary/aromatic N) is 4. The molecule has 1 atom stereocenters. The monoisotopic (exact) mass is 335 g/mol. The van der Waals surface area contributed by atoms with Crippen molar-refractivity contribution in [3.8, 4) is 6.07 Å². The highest BCUT2D eigenvalue weighted by Gasteiger charge is 2.46. The highest BCUT2D eigenvalue weighted by atomic mass is 35.5. The van der Waals surface area contributed by atoms with Crippen LogP contribution in [0.4, 0.5) is 5.82 Å². The Kier molecular flexibility index (Phi) is 4.39. The standard InChI is InChI=1S/C15H18ClN5O2/c16-11-1-2-13(19-12(11)9-17)20-4-6-21(7-5-20)15(14(18)22)3-8-23-10-15/h1-2H,3-8,10H2,(H2,18,22). The molecule has 3 heterocycles. The van der Waals surface area contributed by atoms with Crippen molar-refractivity contribution in [1.29, 1.82) is 5.26 Å². The van der Waals surface area contributed by atoms with E-state index in [9.17, 15) is 4.79 Å². The lowest BCUT2D eigenvalue weighted by Gasteiger charge is -2.43. The van der Waals surface area contributed by atoms with Crippen molar-refractivity contribution >= 4 is 23.3 Å². The SMILES string of the molecule is N#Cc1nc(N2CCN(C3(C(N)=O)CCOC3)CC2)ccc1Cl. The molecule has 2 aliphatic rings. The third-order valence-electron chi connectivity index (χ3n) is 4.61. The smallest absolute Gasteiger partial charge is 0.240 e. The highest BCUT2D eigenvalue weighted by Crippen LogP contribution is 2.28. The number of amides is 1. The Morgan fingerprint density at radius 2 is 2.13 bits per heavy atom. The normalized spacial score (nSPS) is 25.3. The number of aromatic nitrogens is 1. The van der Waals surface area contributed by atoms with Crippen molar-refractivity contribution < 1.29 is 9.53 Å². The molecule has 0 aromatic carbocycles. The number of carbonyl (C=O) groups excluding carboxylic acids is 1. The predicted octanol–water partition coefficient (Wildman–Crippen LogP) is 0.373. The molecule has 7 nitrogen and oxygen atoms in total. The lowest BCUT2D eigenvalue weighted by Crippen LogP contribution is -2.63. The summed E-state index contributed by atoms with van der Waals surface area (Å²) in [7, 11) is 0. The van der Waals surface area contributed by atoms with E-state index in [0.717, 1.165) is 5.82 Å². The maximum Gasteiger partial charge on any atom is 0.240 e. The number of primary amides is 1. The van der Waals surface area contributed by atoms with Crippen LogP contribution >= 0.6 is 11.6 Å². The average molecular weight is 336 g/mol. The van der Waals surface area contributed by atoms with Crippen molar-refractivity contribution in [2.75, 3.05) is 44.3 Å². The number of ether oxygens (including phenoxy) is 1. The van der Waals surface area contributed by atoms with E-state index in [1.807, 2.05) is 6.07 Å². The van der Waals surface area contributed by atoms with E-state index in [1.54, 1.807) is 12.1 Å². The van der Waals surface area contributed by atoms with E-state index in [2.05, 4.69) is 14.8 Å². The molecule has 23 heavy (non-hydrogen) atoms. The summed E-state index contributed by atoms with van der Waals surface area (Å²) in [6, 6.07) is 5.48. The molecule has 1 amide bonds. The molecular formula is C15H18ClN5O2. The second-order valence-corrected chi connectivity index (χ2v) is 6.19. The highest BCUT2D eigenvalue weighted by molar-refractivity contribution is 6.31. The molecule has 0 aliphatic carbocycles. The van der Waals surface area contributed by atoms with Crippen LogP contribution in [0, 0.1) is 11.3 Å². The number of rotatable bonds is 3. The minimum Gasteiger partial charge on any atom is -0.379 e. The van der Waals surface area contributed by atoms with Crippen LogP contribution in [0.3, 0.4) is 0 Å². The number of carbonyl (C=O) groups is 1. The lowest BCUT2D eigenvalue weighted by atomic mass is 9.94. The number of piperazine rings is 1. The maximum absolute atomic E-state index is 11.9.